The van der Waals surface area contributed by atoms with Crippen LogP contribution in [0.4, 0.5) is 0 Å². The molecule has 1 aliphatic heterocycles. The first-order valence-corrected chi connectivity index (χ1v) is 11.6. The number of benzene rings is 3. The summed E-state index contributed by atoms with van der Waals surface area (Å²) in [6, 6.07) is 20.9. The summed E-state index contributed by atoms with van der Waals surface area (Å²) >= 11 is 0. The lowest BCUT2D eigenvalue weighted by Crippen LogP contribution is -2.35. The molecule has 6 nitrogen and oxygen atoms in total. The quantitative estimate of drug-likeness (QED) is 0.383. The molecule has 1 saturated heterocycles. The lowest BCUT2D eigenvalue weighted by Gasteiger charge is -2.16. The van der Waals surface area contributed by atoms with Crippen LogP contribution in [0.3, 0.4) is 0 Å². The Kier molecular flexibility index (Phi) is 7.94. The highest BCUT2D eigenvalue weighted by atomic mass is 16.5. The molecule has 4 rings (SSSR count). The summed E-state index contributed by atoms with van der Waals surface area (Å²) < 4.78 is 10.9. The van der Waals surface area contributed by atoms with Gasteiger partial charge in [0.1, 0.15) is 12.4 Å². The number of likely N-dealkylation sites (tertiary alicyclic amines) is 1. The number of hydrogen-bond acceptors (Lipinski definition) is 5. The van der Waals surface area contributed by atoms with Crippen molar-refractivity contribution < 1.29 is 19.1 Å². The summed E-state index contributed by atoms with van der Waals surface area (Å²) in [5.41, 5.74) is 1.78. The maximum atomic E-state index is 13.1. The third-order valence-corrected chi connectivity index (χ3v) is 6.01. The Morgan fingerprint density at radius 1 is 0.971 bits per heavy atom. The summed E-state index contributed by atoms with van der Waals surface area (Å²) in [6.45, 7) is 3.75. The van der Waals surface area contributed by atoms with E-state index in [-0.39, 0.29) is 12.5 Å². The van der Waals surface area contributed by atoms with Gasteiger partial charge in [-0.15, -0.1) is 0 Å². The second-order valence-electron chi connectivity index (χ2n) is 8.35. The van der Waals surface area contributed by atoms with Crippen molar-refractivity contribution in [2.24, 2.45) is 0 Å². The molecule has 3 aromatic carbocycles. The minimum Gasteiger partial charge on any atom is -0.488 e. The Hall–Kier alpha value is -3.64. The van der Waals surface area contributed by atoms with Crippen LogP contribution in [0.2, 0.25) is 0 Å². The van der Waals surface area contributed by atoms with E-state index in [1.165, 1.54) is 20.0 Å². The maximum Gasteiger partial charge on any atom is 0.337 e. The molecule has 0 saturated carbocycles. The van der Waals surface area contributed by atoms with Gasteiger partial charge in [0.25, 0.3) is 5.91 Å². The van der Waals surface area contributed by atoms with Gasteiger partial charge in [0.2, 0.25) is 0 Å². The minimum atomic E-state index is -0.394. The van der Waals surface area contributed by atoms with Crippen LogP contribution in [-0.4, -0.2) is 56.7 Å². The molecule has 0 aromatic heterocycles. The topological polar surface area (TPSA) is 67.9 Å². The maximum absolute atomic E-state index is 13.1. The first-order valence-electron chi connectivity index (χ1n) is 11.6. The number of fused-ring (bicyclic) bond motifs is 1. The van der Waals surface area contributed by atoms with Gasteiger partial charge < -0.3 is 19.7 Å². The van der Waals surface area contributed by atoms with Crippen LogP contribution >= 0.6 is 0 Å². The van der Waals surface area contributed by atoms with E-state index in [1.54, 1.807) is 30.3 Å². The monoisotopic (exact) mass is 458 g/mol. The fraction of sp³-hybridized carbons (Fsp3) is 0.286. The fourth-order valence-electron chi connectivity index (χ4n) is 4.13. The molecule has 1 fully saturated rings. The van der Waals surface area contributed by atoms with E-state index in [0.717, 1.165) is 41.7 Å². The van der Waals surface area contributed by atoms with E-state index in [0.29, 0.717) is 17.7 Å². The highest BCUT2D eigenvalue weighted by molar-refractivity contribution is 5.98. The molecular weight excluding hydrogens is 428 g/mol. The standard InChI is InChI=1S/C28H30N2O4/c1-33-28(32)23-13-11-21(12-14-23)19-24(27(31)29-15-18-30-16-4-5-17-30)20-34-26-10-6-8-22-7-2-3-9-25(22)26/h2-3,6-14,19H,4-5,15-18,20H2,1H3,(H,29,31). The number of carbonyl (C=O) groups excluding carboxylic acids is 2. The second-order valence-corrected chi connectivity index (χ2v) is 8.35. The first kappa shape index (κ1) is 23.5. The van der Waals surface area contributed by atoms with Gasteiger partial charge in [0, 0.05) is 18.5 Å². The Bertz CT molecular complexity index is 1160. The van der Waals surface area contributed by atoms with Crippen LogP contribution in [0.25, 0.3) is 16.8 Å². The molecule has 0 radical (unpaired) electrons. The summed E-state index contributed by atoms with van der Waals surface area (Å²) in [6.07, 6.45) is 4.25. The Morgan fingerprint density at radius 2 is 1.71 bits per heavy atom. The first-order chi connectivity index (χ1) is 16.6. The van der Waals surface area contributed by atoms with E-state index >= 15 is 0 Å². The molecule has 0 atom stereocenters. The molecule has 34 heavy (non-hydrogen) atoms. The van der Waals surface area contributed by atoms with Crippen molar-refractivity contribution in [3.63, 3.8) is 0 Å². The van der Waals surface area contributed by atoms with Gasteiger partial charge in [-0.3, -0.25) is 4.79 Å². The second kappa shape index (κ2) is 11.5. The average Bonchev–Trinajstić information content (AvgIpc) is 3.40. The van der Waals surface area contributed by atoms with E-state index < -0.39 is 5.97 Å². The van der Waals surface area contributed by atoms with Gasteiger partial charge in [-0.1, -0.05) is 48.5 Å². The van der Waals surface area contributed by atoms with Crippen LogP contribution in [-0.2, 0) is 9.53 Å². The van der Waals surface area contributed by atoms with E-state index in [9.17, 15) is 9.59 Å². The van der Waals surface area contributed by atoms with E-state index in [2.05, 4.69) is 10.2 Å². The van der Waals surface area contributed by atoms with Crippen molar-refractivity contribution >= 4 is 28.7 Å². The Labute approximate surface area is 200 Å². The Morgan fingerprint density at radius 3 is 2.47 bits per heavy atom. The van der Waals surface area contributed by atoms with Crippen LogP contribution in [0.15, 0.2) is 72.3 Å². The summed E-state index contributed by atoms with van der Waals surface area (Å²) in [5.74, 6) is 0.182. The smallest absolute Gasteiger partial charge is 0.337 e. The normalized spacial score (nSPS) is 14.2. The molecule has 1 N–H and O–H groups in total. The molecule has 0 aliphatic carbocycles. The number of hydrogen-bond donors (Lipinski definition) is 1. The van der Waals surface area contributed by atoms with Crippen molar-refractivity contribution in [1.29, 1.82) is 0 Å². The van der Waals surface area contributed by atoms with E-state index in [1.807, 2.05) is 42.5 Å². The molecule has 1 amide bonds. The summed E-state index contributed by atoms with van der Waals surface area (Å²) in [5, 5.41) is 5.12. The highest BCUT2D eigenvalue weighted by Gasteiger charge is 2.15. The number of rotatable bonds is 9. The van der Waals surface area contributed by atoms with Gasteiger partial charge in [-0.25, -0.2) is 4.79 Å². The summed E-state index contributed by atoms with van der Waals surface area (Å²) in [7, 11) is 1.35. The molecular formula is C28H30N2O4. The van der Waals surface area contributed by atoms with Crippen molar-refractivity contribution in [2.45, 2.75) is 12.8 Å². The number of carbonyl (C=O) groups is 2. The van der Waals surface area contributed by atoms with Crippen molar-refractivity contribution in [3.05, 3.63) is 83.4 Å². The molecule has 0 unspecified atom stereocenters. The van der Waals surface area contributed by atoms with Gasteiger partial charge >= 0.3 is 5.97 Å². The van der Waals surface area contributed by atoms with Gasteiger partial charge in [-0.05, 0) is 61.2 Å². The van der Waals surface area contributed by atoms with Gasteiger partial charge in [0.05, 0.1) is 18.2 Å². The lowest BCUT2D eigenvalue weighted by atomic mass is 10.1. The zero-order chi connectivity index (χ0) is 23.8. The average molecular weight is 459 g/mol. The number of nitrogens with zero attached hydrogens (tertiary/aromatic N) is 1. The zero-order valence-electron chi connectivity index (χ0n) is 19.5. The van der Waals surface area contributed by atoms with Crippen LogP contribution in [0, 0.1) is 0 Å². The Balaban J connectivity index is 1.50. The number of esters is 1. The molecule has 0 spiro atoms. The van der Waals surface area contributed by atoms with Crippen molar-refractivity contribution in [2.75, 3.05) is 39.9 Å². The largest absolute Gasteiger partial charge is 0.488 e. The number of methoxy groups -OCH3 is 1. The minimum absolute atomic E-state index is 0.127. The van der Waals surface area contributed by atoms with Crippen LogP contribution in [0.5, 0.6) is 5.75 Å². The molecule has 1 heterocycles. The molecule has 3 aromatic rings. The molecule has 0 bridgehead atoms. The van der Waals surface area contributed by atoms with Crippen LogP contribution < -0.4 is 10.1 Å². The van der Waals surface area contributed by atoms with Crippen LogP contribution in [0.1, 0.15) is 28.8 Å². The lowest BCUT2D eigenvalue weighted by molar-refractivity contribution is -0.117. The number of amides is 1. The SMILES string of the molecule is COC(=O)c1ccc(C=C(COc2cccc3ccccc23)C(=O)NCCN2CCCC2)cc1. The predicted octanol–water partition coefficient (Wildman–Crippen LogP) is 4.30. The third-order valence-electron chi connectivity index (χ3n) is 6.01. The molecule has 6 heteroatoms. The third kappa shape index (κ3) is 6.02. The fourth-order valence-corrected chi connectivity index (χ4v) is 4.13. The van der Waals surface area contributed by atoms with E-state index in [4.69, 9.17) is 9.47 Å². The predicted molar refractivity (Wildman–Crippen MR) is 134 cm³/mol. The molecule has 1 aliphatic rings. The number of nitrogens with one attached hydrogen (secondary N) is 1. The van der Waals surface area contributed by atoms with Crippen molar-refractivity contribution in [3.8, 4) is 5.75 Å². The van der Waals surface area contributed by atoms with Gasteiger partial charge in [0.15, 0.2) is 0 Å². The zero-order valence-corrected chi connectivity index (χ0v) is 19.5. The highest BCUT2D eigenvalue weighted by Crippen LogP contribution is 2.25. The number of ether oxygens (including phenoxy) is 2. The van der Waals surface area contributed by atoms with Crippen molar-refractivity contribution in [1.82, 2.24) is 10.2 Å². The summed E-state index contributed by atoms with van der Waals surface area (Å²) in [4.78, 5) is 27.2. The molecule has 176 valence electrons. The van der Waals surface area contributed by atoms with Gasteiger partial charge in [-0.2, -0.15) is 0 Å².